The normalized spacial score (nSPS) is 13.6. The molecule has 0 saturated heterocycles. The van der Waals surface area contributed by atoms with Crippen molar-refractivity contribution in [1.29, 1.82) is 0 Å². The van der Waals surface area contributed by atoms with Gasteiger partial charge in [0.15, 0.2) is 11.5 Å². The molecule has 2 atom stereocenters. The molecule has 3 N–H and O–H groups in total. The predicted octanol–water partition coefficient (Wildman–Crippen LogP) is 2.09. The van der Waals surface area contributed by atoms with Gasteiger partial charge in [-0.2, -0.15) is 0 Å². The van der Waals surface area contributed by atoms with E-state index in [1.807, 2.05) is 26.8 Å². The molecule has 6 nitrogen and oxygen atoms in total. The lowest BCUT2D eigenvalue weighted by Gasteiger charge is -2.17. The topological polar surface area (TPSA) is 88.0 Å². The van der Waals surface area contributed by atoms with Gasteiger partial charge in [-0.1, -0.05) is 26.8 Å². The van der Waals surface area contributed by atoms with Crippen molar-refractivity contribution in [3.05, 3.63) is 23.8 Å². The van der Waals surface area contributed by atoms with Crippen LogP contribution in [0, 0.1) is 5.92 Å². The van der Waals surface area contributed by atoms with E-state index >= 15 is 0 Å². The summed E-state index contributed by atoms with van der Waals surface area (Å²) in [7, 11) is 1.54. The SMILES string of the molecule is CCC(Cc1ccc(OCC(O)CNC(C)C)c(OC)c1)C(=O)O. The molecule has 0 aliphatic rings. The number of aliphatic hydroxyl groups is 1. The van der Waals surface area contributed by atoms with Crippen LogP contribution in [0.25, 0.3) is 0 Å². The second kappa shape index (κ2) is 10.2. The summed E-state index contributed by atoms with van der Waals surface area (Å²) in [6.45, 7) is 6.49. The first-order valence-corrected chi connectivity index (χ1v) is 8.31. The summed E-state index contributed by atoms with van der Waals surface area (Å²) in [5.41, 5.74) is 0.885. The van der Waals surface area contributed by atoms with E-state index in [4.69, 9.17) is 14.6 Å². The van der Waals surface area contributed by atoms with Crippen LogP contribution < -0.4 is 14.8 Å². The Morgan fingerprint density at radius 1 is 1.29 bits per heavy atom. The highest BCUT2D eigenvalue weighted by Crippen LogP contribution is 2.29. The first kappa shape index (κ1) is 20.3. The summed E-state index contributed by atoms with van der Waals surface area (Å²) in [6.07, 6.45) is 0.405. The van der Waals surface area contributed by atoms with Crippen molar-refractivity contribution >= 4 is 5.97 Å². The third-order valence-electron chi connectivity index (χ3n) is 3.75. The Bertz CT molecular complexity index is 518. The maximum Gasteiger partial charge on any atom is 0.306 e. The molecule has 0 aliphatic carbocycles. The van der Waals surface area contributed by atoms with Crippen LogP contribution in [-0.4, -0.2) is 48.6 Å². The molecule has 0 radical (unpaired) electrons. The van der Waals surface area contributed by atoms with Crippen LogP contribution in [0.4, 0.5) is 0 Å². The number of hydrogen-bond donors (Lipinski definition) is 3. The summed E-state index contributed by atoms with van der Waals surface area (Å²) in [4.78, 5) is 11.2. The van der Waals surface area contributed by atoms with Crippen molar-refractivity contribution in [2.75, 3.05) is 20.3 Å². The van der Waals surface area contributed by atoms with Gasteiger partial charge in [0.2, 0.25) is 0 Å². The number of benzene rings is 1. The van der Waals surface area contributed by atoms with Crippen LogP contribution in [-0.2, 0) is 11.2 Å². The van der Waals surface area contributed by atoms with Gasteiger partial charge in [-0.25, -0.2) is 0 Å². The number of nitrogens with one attached hydrogen (secondary N) is 1. The van der Waals surface area contributed by atoms with Gasteiger partial charge in [0, 0.05) is 12.6 Å². The highest BCUT2D eigenvalue weighted by atomic mass is 16.5. The van der Waals surface area contributed by atoms with Crippen molar-refractivity contribution in [1.82, 2.24) is 5.32 Å². The summed E-state index contributed by atoms with van der Waals surface area (Å²) >= 11 is 0. The average molecular weight is 339 g/mol. The molecule has 0 saturated carbocycles. The van der Waals surface area contributed by atoms with E-state index in [0.29, 0.717) is 36.9 Å². The van der Waals surface area contributed by atoms with E-state index in [-0.39, 0.29) is 6.61 Å². The number of carboxylic acid groups (broad SMARTS) is 1. The van der Waals surface area contributed by atoms with E-state index in [2.05, 4.69) is 5.32 Å². The van der Waals surface area contributed by atoms with Crippen molar-refractivity contribution < 1.29 is 24.5 Å². The van der Waals surface area contributed by atoms with E-state index in [1.54, 1.807) is 12.1 Å². The monoisotopic (exact) mass is 339 g/mol. The quantitative estimate of drug-likeness (QED) is 0.572. The Kier molecular flexibility index (Phi) is 8.57. The lowest BCUT2D eigenvalue weighted by Crippen LogP contribution is -2.35. The number of aliphatic carboxylic acids is 1. The summed E-state index contributed by atoms with van der Waals surface area (Å²) in [5.74, 6) is -0.132. The number of aliphatic hydroxyl groups excluding tert-OH is 1. The Labute approximate surface area is 143 Å². The number of hydrogen-bond acceptors (Lipinski definition) is 5. The molecule has 2 unspecified atom stereocenters. The summed E-state index contributed by atoms with van der Waals surface area (Å²) in [5, 5.41) is 22.2. The minimum atomic E-state index is -0.794. The Balaban J connectivity index is 2.68. The largest absolute Gasteiger partial charge is 0.493 e. The van der Waals surface area contributed by atoms with Crippen LogP contribution in [0.2, 0.25) is 0 Å². The van der Waals surface area contributed by atoms with Gasteiger partial charge in [0.05, 0.1) is 13.0 Å². The van der Waals surface area contributed by atoms with E-state index in [0.717, 1.165) is 5.56 Å². The number of ether oxygens (including phenoxy) is 2. The van der Waals surface area contributed by atoms with E-state index in [9.17, 15) is 9.90 Å². The number of carbonyl (C=O) groups is 1. The van der Waals surface area contributed by atoms with Crippen molar-refractivity contribution in [2.45, 2.75) is 45.8 Å². The highest BCUT2D eigenvalue weighted by Gasteiger charge is 2.17. The molecule has 1 aromatic rings. The van der Waals surface area contributed by atoms with E-state index in [1.165, 1.54) is 7.11 Å². The molecule has 0 fully saturated rings. The standard InChI is InChI=1S/C18H29NO5/c1-5-14(18(21)22)8-13-6-7-16(17(9-13)23-4)24-11-15(20)10-19-12(2)3/h6-7,9,12,14-15,19-20H,5,8,10-11H2,1-4H3,(H,21,22). The third-order valence-corrected chi connectivity index (χ3v) is 3.75. The van der Waals surface area contributed by atoms with Gasteiger partial charge in [0.25, 0.3) is 0 Å². The molecule has 1 rings (SSSR count). The van der Waals surface area contributed by atoms with Gasteiger partial charge in [-0.15, -0.1) is 0 Å². The fraction of sp³-hybridized carbons (Fsp3) is 0.611. The molecule has 6 heteroatoms. The zero-order chi connectivity index (χ0) is 18.1. The summed E-state index contributed by atoms with van der Waals surface area (Å²) in [6, 6.07) is 5.68. The Hall–Kier alpha value is -1.79. The second-order valence-corrected chi connectivity index (χ2v) is 6.16. The van der Waals surface area contributed by atoms with Crippen LogP contribution in [0.3, 0.4) is 0 Å². The fourth-order valence-corrected chi connectivity index (χ4v) is 2.27. The first-order chi connectivity index (χ1) is 11.4. The minimum Gasteiger partial charge on any atom is -0.493 e. The smallest absolute Gasteiger partial charge is 0.306 e. The van der Waals surface area contributed by atoms with Crippen LogP contribution in [0.5, 0.6) is 11.5 Å². The maximum absolute atomic E-state index is 11.2. The van der Waals surface area contributed by atoms with Gasteiger partial charge in [-0.05, 0) is 30.5 Å². The lowest BCUT2D eigenvalue weighted by atomic mass is 9.97. The number of rotatable bonds is 11. The zero-order valence-corrected chi connectivity index (χ0v) is 14.9. The third kappa shape index (κ3) is 6.76. The lowest BCUT2D eigenvalue weighted by molar-refractivity contribution is -0.141. The highest BCUT2D eigenvalue weighted by molar-refractivity contribution is 5.70. The molecule has 24 heavy (non-hydrogen) atoms. The van der Waals surface area contributed by atoms with Crippen LogP contribution in [0.1, 0.15) is 32.8 Å². The predicted molar refractivity (Wildman–Crippen MR) is 92.8 cm³/mol. The Morgan fingerprint density at radius 3 is 2.54 bits per heavy atom. The minimum absolute atomic E-state index is 0.155. The van der Waals surface area contributed by atoms with Gasteiger partial charge >= 0.3 is 5.97 Å². The molecule has 0 heterocycles. The van der Waals surface area contributed by atoms with Crippen molar-refractivity contribution in [3.63, 3.8) is 0 Å². The molecular weight excluding hydrogens is 310 g/mol. The number of methoxy groups -OCH3 is 1. The average Bonchev–Trinajstić information content (AvgIpc) is 2.55. The van der Waals surface area contributed by atoms with Crippen LogP contribution in [0.15, 0.2) is 18.2 Å². The van der Waals surface area contributed by atoms with Gasteiger partial charge in [0.1, 0.15) is 12.7 Å². The number of carboxylic acids is 1. The maximum atomic E-state index is 11.2. The molecule has 136 valence electrons. The summed E-state index contributed by atoms with van der Waals surface area (Å²) < 4.78 is 10.9. The molecule has 0 amide bonds. The molecular formula is C18H29NO5. The molecule has 0 aliphatic heterocycles. The fourth-order valence-electron chi connectivity index (χ4n) is 2.27. The van der Waals surface area contributed by atoms with Crippen molar-refractivity contribution in [2.24, 2.45) is 5.92 Å². The van der Waals surface area contributed by atoms with Crippen LogP contribution >= 0.6 is 0 Å². The molecule has 1 aromatic carbocycles. The second-order valence-electron chi connectivity index (χ2n) is 6.16. The van der Waals surface area contributed by atoms with Crippen molar-refractivity contribution in [3.8, 4) is 11.5 Å². The molecule has 0 spiro atoms. The molecule has 0 aromatic heterocycles. The zero-order valence-electron chi connectivity index (χ0n) is 14.9. The molecule has 0 bridgehead atoms. The van der Waals surface area contributed by atoms with Gasteiger partial charge < -0.3 is 25.0 Å². The van der Waals surface area contributed by atoms with E-state index < -0.39 is 18.0 Å². The Morgan fingerprint density at radius 2 is 2.00 bits per heavy atom. The first-order valence-electron chi connectivity index (χ1n) is 8.31. The van der Waals surface area contributed by atoms with Gasteiger partial charge in [-0.3, -0.25) is 4.79 Å².